The number of allylic oxidation sites excluding steroid dienone is 1. The van der Waals surface area contributed by atoms with Gasteiger partial charge in [-0.25, -0.2) is 18.4 Å². The Bertz CT molecular complexity index is 865. The van der Waals surface area contributed by atoms with Gasteiger partial charge in [0.1, 0.15) is 18.1 Å². The molecule has 1 aromatic carbocycles. The molecule has 1 N–H and O–H groups in total. The van der Waals surface area contributed by atoms with Crippen LogP contribution in [0.5, 0.6) is 0 Å². The summed E-state index contributed by atoms with van der Waals surface area (Å²) in [6.45, 7) is 4.12. The number of esters is 2. The van der Waals surface area contributed by atoms with E-state index in [1.54, 1.807) is 6.92 Å². The highest BCUT2D eigenvalue weighted by Gasteiger charge is 2.44. The number of alkyl halides is 1. The smallest absolute Gasteiger partial charge is 0.337 e. The van der Waals surface area contributed by atoms with E-state index in [2.05, 4.69) is 5.32 Å². The summed E-state index contributed by atoms with van der Waals surface area (Å²) in [6.07, 6.45) is 0. The Morgan fingerprint density at radius 1 is 1.38 bits per heavy atom. The minimum Gasteiger partial charge on any atom is -0.466 e. The molecular weight excluding hydrogens is 344 g/mol. The van der Waals surface area contributed by atoms with Crippen LogP contribution in [0.25, 0.3) is 0 Å². The van der Waals surface area contributed by atoms with Crippen molar-refractivity contribution in [3.05, 3.63) is 57.7 Å². The molecule has 138 valence electrons. The largest absolute Gasteiger partial charge is 0.466 e. The lowest BCUT2D eigenvalue weighted by molar-refractivity contribution is -0.136. The Morgan fingerprint density at radius 3 is 2.69 bits per heavy atom. The fourth-order valence-electron chi connectivity index (χ4n) is 3.57. The summed E-state index contributed by atoms with van der Waals surface area (Å²) in [5.41, 5.74) is -0.793. The summed E-state index contributed by atoms with van der Waals surface area (Å²) < 4.78 is 39.3. The third-order valence-corrected chi connectivity index (χ3v) is 4.57. The standard InChI is InChI=1S/C19H19F2NO4/c1-9-13(17(23)25-4)14(15-12(22-9)8-26-18(15)24)10-6-5-7-11(20)16(10)19(2,3)21/h5-7,14,22H,8H2,1-4H3/t14-/m1/s1. The lowest BCUT2D eigenvalue weighted by atomic mass is 9.76. The maximum absolute atomic E-state index is 14.8. The lowest BCUT2D eigenvalue weighted by Crippen LogP contribution is -2.31. The number of carbonyl (C=O) groups excluding carboxylic acids is 2. The SMILES string of the molecule is COC(=O)C1=C(C)NC2=C(C(=O)OC2)[C@@H]1c1cccc(F)c1C(C)(C)F. The number of methoxy groups -OCH3 is 1. The highest BCUT2D eigenvalue weighted by atomic mass is 19.1. The van der Waals surface area contributed by atoms with Gasteiger partial charge >= 0.3 is 11.9 Å². The van der Waals surface area contributed by atoms with Gasteiger partial charge in [0.2, 0.25) is 0 Å². The first-order valence-electron chi connectivity index (χ1n) is 8.10. The highest BCUT2D eigenvalue weighted by Crippen LogP contribution is 2.45. The molecule has 0 spiro atoms. The van der Waals surface area contributed by atoms with Crippen molar-refractivity contribution < 1.29 is 27.8 Å². The van der Waals surface area contributed by atoms with Crippen molar-refractivity contribution in [1.29, 1.82) is 0 Å². The third kappa shape index (κ3) is 2.77. The molecule has 2 aliphatic heterocycles. The molecule has 0 radical (unpaired) electrons. The lowest BCUT2D eigenvalue weighted by Gasteiger charge is -2.30. The Hall–Kier alpha value is -2.70. The first kappa shape index (κ1) is 18.1. The second-order valence-electron chi connectivity index (χ2n) is 6.73. The Morgan fingerprint density at radius 2 is 2.08 bits per heavy atom. The van der Waals surface area contributed by atoms with Gasteiger partial charge in [-0.05, 0) is 32.4 Å². The molecule has 0 amide bonds. The van der Waals surface area contributed by atoms with Crippen LogP contribution in [0.4, 0.5) is 8.78 Å². The van der Waals surface area contributed by atoms with E-state index in [9.17, 15) is 18.4 Å². The molecule has 0 saturated heterocycles. The molecule has 0 aromatic heterocycles. The molecule has 2 heterocycles. The number of nitrogens with one attached hydrogen (secondary N) is 1. The van der Waals surface area contributed by atoms with Gasteiger partial charge in [0.15, 0.2) is 0 Å². The van der Waals surface area contributed by atoms with Crippen LogP contribution in [0.2, 0.25) is 0 Å². The zero-order valence-corrected chi connectivity index (χ0v) is 14.9. The van der Waals surface area contributed by atoms with Crippen LogP contribution in [0, 0.1) is 5.82 Å². The average molecular weight is 363 g/mol. The molecule has 3 rings (SSSR count). The molecule has 0 aliphatic carbocycles. The topological polar surface area (TPSA) is 64.6 Å². The summed E-state index contributed by atoms with van der Waals surface area (Å²) in [4.78, 5) is 24.7. The normalized spacial score (nSPS) is 19.9. The van der Waals surface area contributed by atoms with Crippen molar-refractivity contribution in [1.82, 2.24) is 5.32 Å². The maximum Gasteiger partial charge on any atom is 0.337 e. The minimum atomic E-state index is -2.02. The van der Waals surface area contributed by atoms with Gasteiger partial charge in [-0.2, -0.15) is 0 Å². The highest BCUT2D eigenvalue weighted by molar-refractivity contribution is 6.01. The van der Waals surface area contributed by atoms with E-state index in [1.165, 1.54) is 33.1 Å². The van der Waals surface area contributed by atoms with Crippen molar-refractivity contribution in [3.63, 3.8) is 0 Å². The first-order valence-corrected chi connectivity index (χ1v) is 8.10. The van der Waals surface area contributed by atoms with E-state index in [0.29, 0.717) is 11.4 Å². The average Bonchev–Trinajstić information content (AvgIpc) is 2.92. The summed E-state index contributed by atoms with van der Waals surface area (Å²) in [7, 11) is 1.21. The number of hydrogen-bond acceptors (Lipinski definition) is 5. The van der Waals surface area contributed by atoms with Gasteiger partial charge in [-0.3, -0.25) is 0 Å². The number of halogens is 2. The van der Waals surface area contributed by atoms with Crippen LogP contribution >= 0.6 is 0 Å². The molecule has 5 nitrogen and oxygen atoms in total. The quantitative estimate of drug-likeness (QED) is 0.837. The van der Waals surface area contributed by atoms with E-state index in [-0.39, 0.29) is 28.9 Å². The summed E-state index contributed by atoms with van der Waals surface area (Å²) in [5.74, 6) is -3.03. The van der Waals surface area contributed by atoms with Gasteiger partial charge in [0.25, 0.3) is 0 Å². The molecule has 1 atom stereocenters. The second-order valence-corrected chi connectivity index (χ2v) is 6.73. The van der Waals surface area contributed by atoms with Crippen LogP contribution in [0.1, 0.15) is 37.8 Å². The first-order chi connectivity index (χ1) is 12.2. The van der Waals surface area contributed by atoms with E-state index in [4.69, 9.17) is 9.47 Å². The molecule has 0 saturated carbocycles. The number of cyclic esters (lactones) is 1. The van der Waals surface area contributed by atoms with E-state index in [0.717, 1.165) is 6.07 Å². The Labute approximate surface area is 149 Å². The summed E-state index contributed by atoms with van der Waals surface area (Å²) in [5, 5.41) is 2.97. The van der Waals surface area contributed by atoms with Crippen LogP contribution in [-0.2, 0) is 24.7 Å². The number of carbonyl (C=O) groups is 2. The third-order valence-electron chi connectivity index (χ3n) is 4.57. The predicted molar refractivity (Wildman–Crippen MR) is 89.1 cm³/mol. The van der Waals surface area contributed by atoms with Crippen LogP contribution in [0.3, 0.4) is 0 Å². The zero-order chi connectivity index (χ0) is 19.2. The molecule has 26 heavy (non-hydrogen) atoms. The van der Waals surface area contributed by atoms with Crippen molar-refractivity contribution >= 4 is 11.9 Å². The minimum absolute atomic E-state index is 0.0140. The van der Waals surface area contributed by atoms with Crippen LogP contribution in [-0.4, -0.2) is 25.7 Å². The molecule has 2 aliphatic rings. The van der Waals surface area contributed by atoms with Crippen LogP contribution < -0.4 is 5.32 Å². The number of rotatable bonds is 3. The summed E-state index contributed by atoms with van der Waals surface area (Å²) >= 11 is 0. The molecule has 0 bridgehead atoms. The molecule has 0 fully saturated rings. The van der Waals surface area contributed by atoms with Gasteiger partial charge in [-0.1, -0.05) is 12.1 Å². The number of ether oxygens (including phenoxy) is 2. The monoisotopic (exact) mass is 363 g/mol. The van der Waals surface area contributed by atoms with Gasteiger partial charge in [0.05, 0.1) is 29.9 Å². The molecular formula is C19H19F2NO4. The van der Waals surface area contributed by atoms with Gasteiger partial charge in [0, 0.05) is 11.3 Å². The fraction of sp³-hybridized carbons (Fsp3) is 0.368. The molecule has 0 unspecified atom stereocenters. The summed E-state index contributed by atoms with van der Waals surface area (Å²) in [6, 6.07) is 4.09. The van der Waals surface area contributed by atoms with Crippen molar-refractivity contribution in [2.24, 2.45) is 0 Å². The Kier molecular flexibility index (Phi) is 4.34. The second kappa shape index (κ2) is 6.23. The van der Waals surface area contributed by atoms with E-state index < -0.39 is 29.3 Å². The predicted octanol–water partition coefficient (Wildman–Crippen LogP) is 2.98. The van der Waals surface area contributed by atoms with Crippen LogP contribution in [0.15, 0.2) is 40.7 Å². The van der Waals surface area contributed by atoms with Gasteiger partial charge in [-0.15, -0.1) is 0 Å². The zero-order valence-electron chi connectivity index (χ0n) is 14.9. The van der Waals surface area contributed by atoms with Crippen molar-refractivity contribution in [2.45, 2.75) is 32.4 Å². The van der Waals surface area contributed by atoms with Gasteiger partial charge < -0.3 is 14.8 Å². The number of hydrogen-bond donors (Lipinski definition) is 1. The molecule has 1 aromatic rings. The Balaban J connectivity index is 2.32. The van der Waals surface area contributed by atoms with Crippen molar-refractivity contribution in [2.75, 3.05) is 13.7 Å². The van der Waals surface area contributed by atoms with Crippen molar-refractivity contribution in [3.8, 4) is 0 Å². The maximum atomic E-state index is 14.8. The number of benzene rings is 1. The molecule has 7 heteroatoms. The fourth-order valence-corrected chi connectivity index (χ4v) is 3.57. The van der Waals surface area contributed by atoms with E-state index >= 15 is 0 Å². The van der Waals surface area contributed by atoms with E-state index in [1.807, 2.05) is 0 Å². The number of dihydropyridines is 1.